The first-order chi connectivity index (χ1) is 6.72. The molecule has 2 heteroatoms. The van der Waals surface area contributed by atoms with Crippen molar-refractivity contribution in [3.8, 4) is 0 Å². The highest BCUT2D eigenvalue weighted by Crippen LogP contribution is 2.42. The fourth-order valence-electron chi connectivity index (χ4n) is 1.66. The van der Waals surface area contributed by atoms with E-state index in [2.05, 4.69) is 49.2 Å². The van der Waals surface area contributed by atoms with Gasteiger partial charge in [0.25, 0.3) is 0 Å². The van der Waals surface area contributed by atoms with Gasteiger partial charge in [0.1, 0.15) is 0 Å². The number of allylic oxidation sites excluding steroid dienone is 1. The van der Waals surface area contributed by atoms with Gasteiger partial charge in [-0.1, -0.05) is 30.0 Å². The Morgan fingerprint density at radius 1 is 1.43 bits per heavy atom. The molecule has 0 N–H and O–H groups in total. The summed E-state index contributed by atoms with van der Waals surface area (Å²) in [6.07, 6.45) is 4.22. The van der Waals surface area contributed by atoms with E-state index in [9.17, 15) is 0 Å². The Morgan fingerprint density at radius 2 is 2.21 bits per heavy atom. The van der Waals surface area contributed by atoms with Crippen molar-refractivity contribution in [3.05, 3.63) is 29.8 Å². The van der Waals surface area contributed by atoms with Gasteiger partial charge in [0, 0.05) is 11.9 Å². The van der Waals surface area contributed by atoms with Crippen molar-refractivity contribution >= 4 is 23.5 Å². The minimum Gasteiger partial charge on any atom is -0.362 e. The molecular formula is C12H15NS. The van der Waals surface area contributed by atoms with Gasteiger partial charge in [-0.2, -0.15) is 0 Å². The molecule has 1 heterocycles. The van der Waals surface area contributed by atoms with Crippen LogP contribution in [0.3, 0.4) is 0 Å². The molecule has 0 fully saturated rings. The largest absolute Gasteiger partial charge is 0.362 e. The predicted molar refractivity (Wildman–Crippen MR) is 64.9 cm³/mol. The van der Waals surface area contributed by atoms with Crippen molar-refractivity contribution in [1.29, 1.82) is 0 Å². The van der Waals surface area contributed by atoms with Crippen molar-refractivity contribution in [2.24, 2.45) is 0 Å². The highest BCUT2D eigenvalue weighted by atomic mass is 32.2. The Morgan fingerprint density at radius 3 is 2.93 bits per heavy atom. The van der Waals surface area contributed by atoms with Crippen molar-refractivity contribution < 1.29 is 0 Å². The summed E-state index contributed by atoms with van der Waals surface area (Å²) in [6, 6.07) is 6.65. The van der Waals surface area contributed by atoms with Gasteiger partial charge >= 0.3 is 0 Å². The third kappa shape index (κ3) is 1.55. The molecule has 1 nitrogen and oxygen atoms in total. The zero-order valence-corrected chi connectivity index (χ0v) is 9.64. The Balaban J connectivity index is 2.41. The number of thioether (sulfide) groups is 1. The van der Waals surface area contributed by atoms with E-state index in [-0.39, 0.29) is 0 Å². The third-order valence-corrected chi connectivity index (χ3v) is 3.82. The van der Waals surface area contributed by atoms with Crippen LogP contribution in [0.5, 0.6) is 0 Å². The minimum absolute atomic E-state index is 0.561. The van der Waals surface area contributed by atoms with Crippen molar-refractivity contribution in [2.45, 2.75) is 24.1 Å². The smallest absolute Gasteiger partial charge is 0.0766 e. The summed E-state index contributed by atoms with van der Waals surface area (Å²) in [5, 5.41) is 0.561. The van der Waals surface area contributed by atoms with E-state index in [1.807, 2.05) is 18.7 Å². The van der Waals surface area contributed by atoms with Gasteiger partial charge in [0.2, 0.25) is 0 Å². The van der Waals surface area contributed by atoms with Crippen LogP contribution in [0.25, 0.3) is 6.08 Å². The molecule has 1 aromatic rings. The van der Waals surface area contributed by atoms with Gasteiger partial charge in [0.05, 0.1) is 11.1 Å². The van der Waals surface area contributed by atoms with Gasteiger partial charge < -0.3 is 4.90 Å². The van der Waals surface area contributed by atoms with Gasteiger partial charge in [-0.25, -0.2) is 0 Å². The molecule has 14 heavy (non-hydrogen) atoms. The molecule has 0 radical (unpaired) electrons. The molecular weight excluding hydrogens is 190 g/mol. The summed E-state index contributed by atoms with van der Waals surface area (Å²) < 4.78 is 0. The van der Waals surface area contributed by atoms with E-state index >= 15 is 0 Å². The maximum atomic E-state index is 2.33. The first kappa shape index (κ1) is 9.66. The number of fused-ring (bicyclic) bond motifs is 1. The van der Waals surface area contributed by atoms with Crippen molar-refractivity contribution in [1.82, 2.24) is 0 Å². The number of hydrogen-bond acceptors (Lipinski definition) is 2. The number of benzene rings is 1. The standard InChI is InChI=1S/C12H15NS/c1-4-5-10-6-7-12-11(8-10)13(3)9(2)14-12/h4-9H,1-3H3/b5-4+. The second-order valence-corrected chi connectivity index (χ2v) is 4.91. The average Bonchev–Trinajstić information content (AvgIpc) is 2.45. The summed E-state index contributed by atoms with van der Waals surface area (Å²) in [5.41, 5.74) is 2.64. The van der Waals surface area contributed by atoms with E-state index in [1.165, 1.54) is 16.1 Å². The fraction of sp³-hybridized carbons (Fsp3) is 0.333. The maximum absolute atomic E-state index is 2.33. The molecule has 0 aliphatic carbocycles. The Labute approximate surface area is 89.8 Å². The monoisotopic (exact) mass is 205 g/mol. The molecule has 0 spiro atoms. The molecule has 1 unspecified atom stereocenters. The minimum atomic E-state index is 0.561. The first-order valence-corrected chi connectivity index (χ1v) is 5.76. The van der Waals surface area contributed by atoms with E-state index in [4.69, 9.17) is 0 Å². The predicted octanol–water partition coefficient (Wildman–Crippen LogP) is 3.61. The normalized spacial score (nSPS) is 20.5. The number of rotatable bonds is 1. The second-order valence-electron chi connectivity index (χ2n) is 3.56. The van der Waals surface area contributed by atoms with Crippen LogP contribution in [0.1, 0.15) is 19.4 Å². The number of anilines is 1. The number of hydrogen-bond donors (Lipinski definition) is 0. The Kier molecular flexibility index (Phi) is 2.55. The second kappa shape index (κ2) is 3.70. The van der Waals surface area contributed by atoms with Crippen molar-refractivity contribution in [3.63, 3.8) is 0 Å². The Hall–Kier alpha value is -0.890. The molecule has 0 saturated carbocycles. The van der Waals surface area contributed by atoms with Gasteiger partial charge in [-0.05, 0) is 31.5 Å². The van der Waals surface area contributed by atoms with Crippen LogP contribution in [-0.4, -0.2) is 12.4 Å². The van der Waals surface area contributed by atoms with Gasteiger partial charge in [-0.3, -0.25) is 0 Å². The van der Waals surface area contributed by atoms with Crippen LogP contribution in [0, 0.1) is 0 Å². The molecule has 0 aromatic heterocycles. The molecule has 0 bridgehead atoms. The van der Waals surface area contributed by atoms with Crippen LogP contribution < -0.4 is 4.90 Å². The lowest BCUT2D eigenvalue weighted by atomic mass is 10.2. The zero-order valence-electron chi connectivity index (χ0n) is 8.82. The molecule has 2 rings (SSSR count). The van der Waals surface area contributed by atoms with E-state index in [1.54, 1.807) is 0 Å². The summed E-state index contributed by atoms with van der Waals surface area (Å²) in [6.45, 7) is 4.29. The summed E-state index contributed by atoms with van der Waals surface area (Å²) >= 11 is 1.93. The SMILES string of the molecule is C/C=C/c1ccc2c(c1)N(C)C(C)S2. The molecule has 0 amide bonds. The van der Waals surface area contributed by atoms with Crippen LogP contribution in [-0.2, 0) is 0 Å². The maximum Gasteiger partial charge on any atom is 0.0766 e. The van der Waals surface area contributed by atoms with Crippen LogP contribution in [0.15, 0.2) is 29.2 Å². The fourth-order valence-corrected chi connectivity index (χ4v) is 2.77. The van der Waals surface area contributed by atoms with E-state index in [0.717, 1.165) is 0 Å². The van der Waals surface area contributed by atoms with Gasteiger partial charge in [-0.15, -0.1) is 0 Å². The van der Waals surface area contributed by atoms with Crippen LogP contribution in [0.2, 0.25) is 0 Å². The topological polar surface area (TPSA) is 3.24 Å². The molecule has 1 atom stereocenters. The molecule has 1 aliphatic heterocycles. The summed E-state index contributed by atoms with van der Waals surface area (Å²) in [5.74, 6) is 0. The first-order valence-electron chi connectivity index (χ1n) is 4.88. The quantitative estimate of drug-likeness (QED) is 0.689. The molecule has 74 valence electrons. The zero-order chi connectivity index (χ0) is 10.1. The summed E-state index contributed by atoms with van der Waals surface area (Å²) in [7, 11) is 2.16. The lowest BCUT2D eigenvalue weighted by Gasteiger charge is -2.17. The molecule has 1 aliphatic rings. The van der Waals surface area contributed by atoms with E-state index in [0.29, 0.717) is 5.37 Å². The third-order valence-electron chi connectivity index (χ3n) is 2.57. The van der Waals surface area contributed by atoms with E-state index < -0.39 is 0 Å². The van der Waals surface area contributed by atoms with Crippen molar-refractivity contribution in [2.75, 3.05) is 11.9 Å². The number of nitrogens with zero attached hydrogens (tertiary/aromatic N) is 1. The van der Waals surface area contributed by atoms with Crippen LogP contribution in [0.4, 0.5) is 5.69 Å². The highest BCUT2D eigenvalue weighted by Gasteiger charge is 2.22. The lowest BCUT2D eigenvalue weighted by molar-refractivity contribution is 0.923. The summed E-state index contributed by atoms with van der Waals surface area (Å²) in [4.78, 5) is 3.72. The lowest BCUT2D eigenvalue weighted by Crippen LogP contribution is -2.20. The molecule has 0 saturated heterocycles. The van der Waals surface area contributed by atoms with Gasteiger partial charge in [0.15, 0.2) is 0 Å². The molecule has 1 aromatic carbocycles. The van der Waals surface area contributed by atoms with Crippen LogP contribution >= 0.6 is 11.8 Å². The average molecular weight is 205 g/mol. The highest BCUT2D eigenvalue weighted by molar-refractivity contribution is 8.00. The Bertz CT molecular complexity index is 371.